The zero-order chi connectivity index (χ0) is 37.9. The third kappa shape index (κ3) is 11.9. The molecular formula is C40H62O12. The molecule has 0 radical (unpaired) electrons. The molecule has 0 aliphatic carbocycles. The molecule has 0 unspecified atom stereocenters. The highest BCUT2D eigenvalue weighted by Crippen LogP contribution is 2.47. The number of hydrogen-bond acceptors (Lipinski definition) is 12. The number of hydrogen-bond donors (Lipinski definition) is 3. The van der Waals surface area contributed by atoms with Crippen molar-refractivity contribution < 1.29 is 58.1 Å². The molecule has 4 rings (SSSR count). The molecule has 0 amide bonds. The maximum absolute atomic E-state index is 13.3. The first-order valence-electron chi connectivity index (χ1n) is 19.3. The predicted octanol–water partition coefficient (Wildman–Crippen LogP) is 5.30. The van der Waals surface area contributed by atoms with Crippen LogP contribution in [0, 0.1) is 5.41 Å². The molecule has 0 aromatic rings. The van der Waals surface area contributed by atoms with Crippen LogP contribution in [0.1, 0.15) is 124 Å². The number of aliphatic hydroxyl groups excluding tert-OH is 2. The van der Waals surface area contributed by atoms with Crippen molar-refractivity contribution in [3.63, 3.8) is 0 Å². The number of carbonyl (C=O) groups excluding carboxylic acids is 3. The van der Waals surface area contributed by atoms with Crippen LogP contribution in [0.25, 0.3) is 0 Å². The highest BCUT2D eigenvalue weighted by molar-refractivity contribution is 5.83. The SMILES string of the molecule is C=C1C[C@H]2C[C@H]3CCC[C@@H](C[C@@H](O)CC(=O)O[C@@H](CO)C[C@@H]4C/C(=C\C(=O)OC)[C@H](OC(=O)CCCCCCC)[C@@](O)(O4)C(C)(C)/C=C/[C@@H](C1)O2)O3. The molecule has 0 aromatic carbocycles. The lowest BCUT2D eigenvalue weighted by Gasteiger charge is -2.51. The predicted molar refractivity (Wildman–Crippen MR) is 192 cm³/mol. The summed E-state index contributed by atoms with van der Waals surface area (Å²) in [6, 6.07) is 0. The van der Waals surface area contributed by atoms with Crippen LogP contribution in [0.15, 0.2) is 36.0 Å². The van der Waals surface area contributed by atoms with Gasteiger partial charge in [-0.3, -0.25) is 9.59 Å². The Kier molecular flexibility index (Phi) is 15.9. The molecule has 52 heavy (non-hydrogen) atoms. The van der Waals surface area contributed by atoms with E-state index in [0.717, 1.165) is 50.5 Å². The maximum atomic E-state index is 13.3. The highest BCUT2D eigenvalue weighted by Gasteiger charge is 2.57. The zero-order valence-corrected chi connectivity index (χ0v) is 31.6. The van der Waals surface area contributed by atoms with E-state index in [9.17, 15) is 29.7 Å². The van der Waals surface area contributed by atoms with E-state index >= 15 is 0 Å². The number of esters is 3. The number of cyclic esters (lactones) is 1. The van der Waals surface area contributed by atoms with Gasteiger partial charge in [0.25, 0.3) is 0 Å². The van der Waals surface area contributed by atoms with Crippen LogP contribution < -0.4 is 0 Å². The Morgan fingerprint density at radius 3 is 2.42 bits per heavy atom. The van der Waals surface area contributed by atoms with E-state index in [0.29, 0.717) is 25.7 Å². The molecule has 12 nitrogen and oxygen atoms in total. The van der Waals surface area contributed by atoms with Gasteiger partial charge in [0, 0.05) is 37.2 Å². The lowest BCUT2D eigenvalue weighted by molar-refractivity contribution is -0.327. The van der Waals surface area contributed by atoms with Crippen LogP contribution in [0.2, 0.25) is 0 Å². The number of fused-ring (bicyclic) bond motifs is 6. The first-order valence-corrected chi connectivity index (χ1v) is 19.3. The van der Waals surface area contributed by atoms with Crippen molar-refractivity contribution in [2.24, 2.45) is 5.41 Å². The van der Waals surface area contributed by atoms with Crippen molar-refractivity contribution >= 4 is 17.9 Å². The van der Waals surface area contributed by atoms with E-state index in [1.807, 2.05) is 6.08 Å². The monoisotopic (exact) mass is 734 g/mol. The first-order chi connectivity index (χ1) is 24.7. The van der Waals surface area contributed by atoms with Gasteiger partial charge in [-0.15, -0.1) is 0 Å². The zero-order valence-electron chi connectivity index (χ0n) is 31.6. The maximum Gasteiger partial charge on any atom is 0.330 e. The highest BCUT2D eigenvalue weighted by atomic mass is 16.7. The van der Waals surface area contributed by atoms with Crippen LogP contribution in [0.3, 0.4) is 0 Å². The number of aliphatic hydroxyl groups is 3. The van der Waals surface area contributed by atoms with E-state index in [-0.39, 0.29) is 62.1 Å². The van der Waals surface area contributed by atoms with Crippen LogP contribution >= 0.6 is 0 Å². The molecule has 0 saturated carbocycles. The van der Waals surface area contributed by atoms with Crippen molar-refractivity contribution in [1.82, 2.24) is 0 Å². The Labute approximate surface area is 308 Å². The fraction of sp³-hybridized carbons (Fsp3) is 0.775. The van der Waals surface area contributed by atoms with E-state index in [2.05, 4.69) is 13.5 Å². The van der Waals surface area contributed by atoms with Gasteiger partial charge in [-0.05, 0) is 50.5 Å². The summed E-state index contributed by atoms with van der Waals surface area (Å²) < 4.78 is 35.9. The molecule has 4 aliphatic heterocycles. The van der Waals surface area contributed by atoms with Crippen LogP contribution in [-0.2, 0) is 42.8 Å². The van der Waals surface area contributed by atoms with Crippen LogP contribution in [0.5, 0.6) is 0 Å². The fourth-order valence-corrected chi connectivity index (χ4v) is 7.80. The molecule has 3 N–H and O–H groups in total. The Hall–Kier alpha value is -2.61. The van der Waals surface area contributed by atoms with E-state index in [1.54, 1.807) is 19.9 Å². The summed E-state index contributed by atoms with van der Waals surface area (Å²) in [5.41, 5.74) is 0.0467. The molecule has 3 saturated heterocycles. The summed E-state index contributed by atoms with van der Waals surface area (Å²) in [5.74, 6) is -4.16. The summed E-state index contributed by atoms with van der Waals surface area (Å²) in [5, 5.41) is 33.8. The second-order valence-electron chi connectivity index (χ2n) is 15.6. The number of methoxy groups -OCH3 is 1. The number of unbranched alkanes of at least 4 members (excludes halogenated alkanes) is 4. The van der Waals surface area contributed by atoms with Gasteiger partial charge in [0.1, 0.15) is 6.10 Å². The van der Waals surface area contributed by atoms with Gasteiger partial charge in [0.2, 0.25) is 5.79 Å². The van der Waals surface area contributed by atoms with Gasteiger partial charge in [-0.1, -0.05) is 70.8 Å². The van der Waals surface area contributed by atoms with Crippen molar-refractivity contribution in [2.75, 3.05) is 13.7 Å². The second kappa shape index (κ2) is 19.6. The van der Waals surface area contributed by atoms with Gasteiger partial charge in [0.15, 0.2) is 6.10 Å². The quantitative estimate of drug-likeness (QED) is 0.0922. The molecule has 0 spiro atoms. The molecule has 6 bridgehead atoms. The molecule has 294 valence electrons. The smallest absolute Gasteiger partial charge is 0.330 e. The summed E-state index contributed by atoms with van der Waals surface area (Å²) in [6.45, 7) is 9.33. The Morgan fingerprint density at radius 1 is 0.981 bits per heavy atom. The summed E-state index contributed by atoms with van der Waals surface area (Å²) in [4.78, 5) is 39.0. The summed E-state index contributed by atoms with van der Waals surface area (Å²) in [6.07, 6.45) is 8.88. The molecule has 4 aliphatic rings. The van der Waals surface area contributed by atoms with Crippen molar-refractivity contribution in [3.05, 3.63) is 36.0 Å². The lowest BCUT2D eigenvalue weighted by atomic mass is 9.74. The topological polar surface area (TPSA) is 167 Å². The second-order valence-corrected chi connectivity index (χ2v) is 15.6. The van der Waals surface area contributed by atoms with Crippen molar-refractivity contribution in [2.45, 2.75) is 178 Å². The standard InChI is InChI=1S/C40H62O12/c1-6-7-8-9-10-14-35(43)51-38-27(20-36(44)47-5)19-33-24-34(25-41)50-37(45)22-28(42)21-29-12-11-13-30(48-29)23-32-18-26(2)17-31(49-32)15-16-39(3,4)40(38,46)52-33/h15-16,20,28-34,38,41-42,46H,2,6-14,17-19,21-25H2,1,3-5H3/b16-15+,27-20+/t28-,29+,30-,31+,32+,33+,34-,38+,40-/m1/s1. The fourth-order valence-electron chi connectivity index (χ4n) is 7.80. The first kappa shape index (κ1) is 42.1. The molecule has 0 aromatic heterocycles. The minimum atomic E-state index is -2.22. The number of rotatable bonds is 9. The Morgan fingerprint density at radius 2 is 1.71 bits per heavy atom. The number of ether oxygens (including phenoxy) is 6. The molecule has 12 heteroatoms. The van der Waals surface area contributed by atoms with Gasteiger partial charge in [0.05, 0.1) is 56.8 Å². The van der Waals surface area contributed by atoms with E-state index in [1.165, 1.54) is 13.2 Å². The number of carbonyl (C=O) groups is 3. The Bertz CT molecular complexity index is 1270. The van der Waals surface area contributed by atoms with Gasteiger partial charge in [-0.2, -0.15) is 0 Å². The summed E-state index contributed by atoms with van der Waals surface area (Å²) >= 11 is 0. The average Bonchev–Trinajstić information content (AvgIpc) is 3.07. The lowest BCUT2D eigenvalue weighted by Crippen LogP contribution is -2.62. The third-order valence-corrected chi connectivity index (χ3v) is 10.7. The Balaban J connectivity index is 1.70. The van der Waals surface area contributed by atoms with Crippen LogP contribution in [0.4, 0.5) is 0 Å². The van der Waals surface area contributed by atoms with Crippen molar-refractivity contribution in [3.8, 4) is 0 Å². The molecular weight excluding hydrogens is 672 g/mol. The third-order valence-electron chi connectivity index (χ3n) is 10.7. The van der Waals surface area contributed by atoms with Gasteiger partial charge in [-0.25, -0.2) is 4.79 Å². The largest absolute Gasteiger partial charge is 0.466 e. The summed E-state index contributed by atoms with van der Waals surface area (Å²) in [7, 11) is 1.23. The minimum absolute atomic E-state index is 0.00967. The van der Waals surface area contributed by atoms with Gasteiger partial charge < -0.3 is 43.7 Å². The minimum Gasteiger partial charge on any atom is -0.466 e. The van der Waals surface area contributed by atoms with Crippen molar-refractivity contribution in [1.29, 1.82) is 0 Å². The molecule has 3 fully saturated rings. The van der Waals surface area contributed by atoms with E-state index in [4.69, 9.17) is 28.4 Å². The molecule has 9 atom stereocenters. The normalized spacial score (nSPS) is 35.9. The van der Waals surface area contributed by atoms with Gasteiger partial charge >= 0.3 is 17.9 Å². The van der Waals surface area contributed by atoms with E-state index < -0.39 is 60.1 Å². The average molecular weight is 735 g/mol. The molecule has 4 heterocycles. The van der Waals surface area contributed by atoms with Crippen LogP contribution in [-0.4, -0.2) is 102 Å².